The SMILES string of the molecule is CSCCC(CS)C(=O)N[C@@H](C)C(=O)OCc1ccccc1. The van der Waals surface area contributed by atoms with Crippen LogP contribution in [0.2, 0.25) is 0 Å². The number of esters is 1. The molecule has 0 aliphatic carbocycles. The van der Waals surface area contributed by atoms with Crippen molar-refractivity contribution in [2.24, 2.45) is 5.92 Å². The number of rotatable bonds is 9. The summed E-state index contributed by atoms with van der Waals surface area (Å²) in [5.74, 6) is 0.609. The van der Waals surface area contributed by atoms with E-state index in [4.69, 9.17) is 4.74 Å². The maximum Gasteiger partial charge on any atom is 0.328 e. The molecule has 1 aromatic rings. The van der Waals surface area contributed by atoms with Gasteiger partial charge in [0.1, 0.15) is 12.6 Å². The Morgan fingerprint density at radius 1 is 1.32 bits per heavy atom. The molecule has 1 unspecified atom stereocenters. The Morgan fingerprint density at radius 3 is 2.59 bits per heavy atom. The zero-order valence-corrected chi connectivity index (χ0v) is 14.7. The number of hydrogen-bond acceptors (Lipinski definition) is 5. The Hall–Kier alpha value is -1.14. The molecule has 0 aromatic heterocycles. The van der Waals surface area contributed by atoms with E-state index in [1.54, 1.807) is 18.7 Å². The van der Waals surface area contributed by atoms with E-state index in [2.05, 4.69) is 17.9 Å². The van der Waals surface area contributed by atoms with Gasteiger partial charge < -0.3 is 10.1 Å². The standard InChI is InChI=1S/C16H23NO3S2/c1-12(17-15(18)14(11-21)8-9-22-2)16(19)20-10-13-6-4-3-5-7-13/h3-7,12,14,21H,8-11H2,1-2H3,(H,17,18)/t12-,14?/m0/s1. The van der Waals surface area contributed by atoms with Gasteiger partial charge in [-0.1, -0.05) is 30.3 Å². The Morgan fingerprint density at radius 2 is 2.00 bits per heavy atom. The molecule has 1 N–H and O–H groups in total. The maximum absolute atomic E-state index is 12.1. The highest BCUT2D eigenvalue weighted by molar-refractivity contribution is 7.98. The van der Waals surface area contributed by atoms with Crippen molar-refractivity contribution in [1.82, 2.24) is 5.32 Å². The zero-order valence-electron chi connectivity index (χ0n) is 13.0. The van der Waals surface area contributed by atoms with Gasteiger partial charge in [-0.15, -0.1) is 0 Å². The van der Waals surface area contributed by atoms with Gasteiger partial charge in [0.05, 0.1) is 0 Å². The highest BCUT2D eigenvalue weighted by atomic mass is 32.2. The van der Waals surface area contributed by atoms with E-state index >= 15 is 0 Å². The van der Waals surface area contributed by atoms with Gasteiger partial charge in [-0.3, -0.25) is 4.79 Å². The van der Waals surface area contributed by atoms with Gasteiger partial charge in [0.2, 0.25) is 5.91 Å². The number of carbonyl (C=O) groups is 2. The monoisotopic (exact) mass is 341 g/mol. The van der Waals surface area contributed by atoms with E-state index in [0.717, 1.165) is 17.7 Å². The van der Waals surface area contributed by atoms with Crippen molar-refractivity contribution in [3.05, 3.63) is 35.9 Å². The van der Waals surface area contributed by atoms with Crippen LogP contribution in [0.1, 0.15) is 18.9 Å². The molecule has 0 saturated carbocycles. The molecule has 0 heterocycles. The average Bonchev–Trinajstić information content (AvgIpc) is 2.54. The van der Waals surface area contributed by atoms with Crippen molar-refractivity contribution >= 4 is 36.3 Å². The molecule has 0 aliphatic rings. The lowest BCUT2D eigenvalue weighted by atomic mass is 10.1. The predicted octanol–water partition coefficient (Wildman–Crippen LogP) is 2.53. The third-order valence-electron chi connectivity index (χ3n) is 3.20. The van der Waals surface area contributed by atoms with Gasteiger partial charge in [-0.25, -0.2) is 4.79 Å². The number of thioether (sulfide) groups is 1. The smallest absolute Gasteiger partial charge is 0.328 e. The molecular weight excluding hydrogens is 318 g/mol. The first-order chi connectivity index (χ1) is 10.6. The van der Waals surface area contributed by atoms with Gasteiger partial charge in [0.15, 0.2) is 0 Å². The molecule has 0 aliphatic heterocycles. The Labute approximate surface area is 141 Å². The minimum absolute atomic E-state index is 0.145. The summed E-state index contributed by atoms with van der Waals surface area (Å²) in [6.45, 7) is 1.84. The number of amides is 1. The minimum Gasteiger partial charge on any atom is -0.459 e. The predicted molar refractivity (Wildman–Crippen MR) is 94.2 cm³/mol. The highest BCUT2D eigenvalue weighted by Crippen LogP contribution is 2.10. The summed E-state index contributed by atoms with van der Waals surface area (Å²) in [6, 6.07) is 8.79. The summed E-state index contributed by atoms with van der Waals surface area (Å²) in [5, 5.41) is 2.70. The van der Waals surface area contributed by atoms with Crippen LogP contribution in [0.15, 0.2) is 30.3 Å². The number of benzene rings is 1. The average molecular weight is 341 g/mol. The molecule has 0 saturated heterocycles. The van der Waals surface area contributed by atoms with Crippen LogP contribution >= 0.6 is 24.4 Å². The van der Waals surface area contributed by atoms with E-state index in [1.807, 2.05) is 36.6 Å². The lowest BCUT2D eigenvalue weighted by Gasteiger charge is -2.18. The second-order valence-corrected chi connectivity index (χ2v) is 6.34. The van der Waals surface area contributed by atoms with E-state index < -0.39 is 12.0 Å². The van der Waals surface area contributed by atoms with Gasteiger partial charge in [-0.2, -0.15) is 24.4 Å². The third-order valence-corrected chi connectivity index (χ3v) is 4.28. The van der Waals surface area contributed by atoms with Crippen LogP contribution < -0.4 is 5.32 Å². The number of thiol groups is 1. The highest BCUT2D eigenvalue weighted by Gasteiger charge is 2.22. The fraction of sp³-hybridized carbons (Fsp3) is 0.500. The molecule has 122 valence electrons. The summed E-state index contributed by atoms with van der Waals surface area (Å²) < 4.78 is 5.21. The van der Waals surface area contributed by atoms with Crippen LogP contribution in [0, 0.1) is 5.92 Å². The molecule has 0 spiro atoms. The normalized spacial score (nSPS) is 13.2. The van der Waals surface area contributed by atoms with Crippen LogP contribution in [0.25, 0.3) is 0 Å². The molecule has 6 heteroatoms. The molecule has 0 radical (unpaired) electrons. The van der Waals surface area contributed by atoms with Crippen LogP contribution in [-0.4, -0.2) is 35.7 Å². The quantitative estimate of drug-likeness (QED) is 0.535. The van der Waals surface area contributed by atoms with Crippen LogP contribution in [0.5, 0.6) is 0 Å². The summed E-state index contributed by atoms with van der Waals surface area (Å²) in [6.07, 6.45) is 2.75. The van der Waals surface area contributed by atoms with E-state index in [-0.39, 0.29) is 18.4 Å². The lowest BCUT2D eigenvalue weighted by Crippen LogP contribution is -2.43. The molecule has 1 amide bonds. The van der Waals surface area contributed by atoms with Gasteiger partial charge in [0.25, 0.3) is 0 Å². The summed E-state index contributed by atoms with van der Waals surface area (Å²) >= 11 is 5.89. The lowest BCUT2D eigenvalue weighted by molar-refractivity contribution is -0.148. The summed E-state index contributed by atoms with van der Waals surface area (Å²) in [5.41, 5.74) is 0.919. The van der Waals surface area contributed by atoms with Crippen molar-refractivity contribution in [1.29, 1.82) is 0 Å². The Bertz CT molecular complexity index is 468. The van der Waals surface area contributed by atoms with Crippen molar-refractivity contribution in [2.45, 2.75) is 26.0 Å². The number of carbonyl (C=O) groups excluding carboxylic acids is 2. The fourth-order valence-corrected chi connectivity index (χ4v) is 2.68. The Balaban J connectivity index is 2.40. The molecule has 0 bridgehead atoms. The van der Waals surface area contributed by atoms with E-state index in [9.17, 15) is 9.59 Å². The van der Waals surface area contributed by atoms with Crippen LogP contribution in [-0.2, 0) is 20.9 Å². The van der Waals surface area contributed by atoms with Crippen LogP contribution in [0.4, 0.5) is 0 Å². The van der Waals surface area contributed by atoms with Gasteiger partial charge in [0, 0.05) is 11.7 Å². The number of hydrogen-bond donors (Lipinski definition) is 2. The molecule has 2 atom stereocenters. The molecule has 0 fully saturated rings. The number of ether oxygens (including phenoxy) is 1. The largest absolute Gasteiger partial charge is 0.459 e. The molecule has 22 heavy (non-hydrogen) atoms. The van der Waals surface area contributed by atoms with E-state index in [0.29, 0.717) is 5.75 Å². The van der Waals surface area contributed by atoms with Gasteiger partial charge >= 0.3 is 5.97 Å². The summed E-state index contributed by atoms with van der Waals surface area (Å²) in [4.78, 5) is 24.0. The zero-order chi connectivity index (χ0) is 16.4. The summed E-state index contributed by atoms with van der Waals surface area (Å²) in [7, 11) is 0. The van der Waals surface area contributed by atoms with Gasteiger partial charge in [-0.05, 0) is 30.9 Å². The third kappa shape index (κ3) is 6.75. The number of nitrogens with one attached hydrogen (secondary N) is 1. The molecule has 4 nitrogen and oxygen atoms in total. The van der Waals surface area contributed by atoms with E-state index in [1.165, 1.54) is 0 Å². The molecule has 1 rings (SSSR count). The topological polar surface area (TPSA) is 55.4 Å². The molecular formula is C16H23NO3S2. The fourth-order valence-electron chi connectivity index (χ4n) is 1.81. The Kier molecular flexibility index (Phi) is 9.08. The van der Waals surface area contributed by atoms with Crippen molar-refractivity contribution in [2.75, 3.05) is 17.8 Å². The first-order valence-electron chi connectivity index (χ1n) is 7.19. The molecule has 1 aromatic carbocycles. The second-order valence-electron chi connectivity index (χ2n) is 4.98. The van der Waals surface area contributed by atoms with Crippen molar-refractivity contribution < 1.29 is 14.3 Å². The first kappa shape index (κ1) is 18.9. The first-order valence-corrected chi connectivity index (χ1v) is 9.21. The van der Waals surface area contributed by atoms with Crippen LogP contribution in [0.3, 0.4) is 0 Å². The second kappa shape index (κ2) is 10.6. The maximum atomic E-state index is 12.1. The minimum atomic E-state index is -0.659. The van der Waals surface area contributed by atoms with Crippen molar-refractivity contribution in [3.63, 3.8) is 0 Å². The van der Waals surface area contributed by atoms with Crippen molar-refractivity contribution in [3.8, 4) is 0 Å².